The van der Waals surface area contributed by atoms with E-state index < -0.39 is 0 Å². The van der Waals surface area contributed by atoms with Crippen molar-refractivity contribution >= 4 is 5.84 Å². The molecule has 3 heteroatoms. The van der Waals surface area contributed by atoms with Gasteiger partial charge in [0, 0.05) is 12.6 Å². The van der Waals surface area contributed by atoms with E-state index in [9.17, 15) is 0 Å². The van der Waals surface area contributed by atoms with Crippen LogP contribution in [-0.4, -0.2) is 17.9 Å². The van der Waals surface area contributed by atoms with Gasteiger partial charge < -0.3 is 10.6 Å². The summed E-state index contributed by atoms with van der Waals surface area (Å²) in [6.07, 6.45) is 6.54. The van der Waals surface area contributed by atoms with Crippen LogP contribution in [-0.2, 0) is 13.1 Å². The van der Waals surface area contributed by atoms with Gasteiger partial charge in [0.15, 0.2) is 0 Å². The number of amidine groups is 1. The van der Waals surface area contributed by atoms with E-state index in [1.165, 1.54) is 43.2 Å². The second-order valence-corrected chi connectivity index (χ2v) is 8.25. The predicted molar refractivity (Wildman–Crippen MR) is 119 cm³/mol. The molecule has 0 radical (unpaired) electrons. The molecule has 150 valence electrons. The van der Waals surface area contributed by atoms with E-state index in [4.69, 9.17) is 4.99 Å². The maximum atomic E-state index is 5.06. The van der Waals surface area contributed by atoms with Gasteiger partial charge in [0.05, 0.1) is 12.6 Å². The summed E-state index contributed by atoms with van der Waals surface area (Å²) in [5, 5.41) is 7.60. The van der Waals surface area contributed by atoms with Crippen LogP contribution in [0.1, 0.15) is 57.1 Å². The van der Waals surface area contributed by atoms with Crippen molar-refractivity contribution in [3.63, 3.8) is 0 Å². The molecule has 1 atom stereocenters. The molecule has 1 fully saturated rings. The molecule has 2 aromatic rings. The number of hydrogen-bond acceptors (Lipinski definition) is 2. The van der Waals surface area contributed by atoms with Gasteiger partial charge in [0.1, 0.15) is 5.84 Å². The molecule has 2 aromatic carbocycles. The number of nitrogens with zero attached hydrogens (tertiary/aromatic N) is 1. The minimum atomic E-state index is 0.228. The van der Waals surface area contributed by atoms with Gasteiger partial charge in [-0.25, -0.2) is 0 Å². The first kappa shape index (κ1) is 20.6. The van der Waals surface area contributed by atoms with Gasteiger partial charge in [-0.05, 0) is 29.9 Å². The van der Waals surface area contributed by atoms with Crippen LogP contribution in [0.3, 0.4) is 0 Å². The average molecular weight is 378 g/mol. The summed E-state index contributed by atoms with van der Waals surface area (Å²) in [4.78, 5) is 5.06. The van der Waals surface area contributed by atoms with Gasteiger partial charge in [0.25, 0.3) is 0 Å². The summed E-state index contributed by atoms with van der Waals surface area (Å²) in [7, 11) is 0. The van der Waals surface area contributed by atoms with Crippen molar-refractivity contribution in [3.05, 3.63) is 71.8 Å². The van der Waals surface area contributed by atoms with E-state index in [0.717, 1.165) is 18.9 Å². The van der Waals surface area contributed by atoms with Crippen molar-refractivity contribution in [2.24, 2.45) is 10.9 Å². The van der Waals surface area contributed by atoms with Crippen LogP contribution in [0.5, 0.6) is 0 Å². The van der Waals surface area contributed by atoms with E-state index in [0.29, 0.717) is 12.0 Å². The lowest BCUT2D eigenvalue weighted by Crippen LogP contribution is -2.50. The molecule has 2 N–H and O–H groups in total. The first-order valence-corrected chi connectivity index (χ1v) is 10.8. The maximum Gasteiger partial charge on any atom is 0.114 e. The van der Waals surface area contributed by atoms with E-state index in [2.05, 4.69) is 85.1 Å². The number of aliphatic imine (C=N–C) groups is 1. The SMILES string of the molecule is CC(C)C(NCc1ccccc1)C(=NCc1ccccc1)NC1CCCCC1. The molecule has 1 unspecified atom stereocenters. The maximum absolute atomic E-state index is 5.06. The molecule has 0 aromatic heterocycles. The monoisotopic (exact) mass is 377 g/mol. The van der Waals surface area contributed by atoms with E-state index in [1.54, 1.807) is 0 Å². The highest BCUT2D eigenvalue weighted by Gasteiger charge is 2.23. The van der Waals surface area contributed by atoms with Crippen LogP contribution < -0.4 is 10.6 Å². The zero-order valence-corrected chi connectivity index (χ0v) is 17.4. The third kappa shape index (κ3) is 6.49. The van der Waals surface area contributed by atoms with Gasteiger partial charge in [0.2, 0.25) is 0 Å². The van der Waals surface area contributed by atoms with Crippen LogP contribution in [0, 0.1) is 5.92 Å². The summed E-state index contributed by atoms with van der Waals surface area (Å²) < 4.78 is 0. The standard InChI is InChI=1S/C25H35N3/c1-20(2)24(26-18-21-12-6-3-7-13-21)25(28-23-16-10-5-11-17-23)27-19-22-14-8-4-9-15-22/h3-4,6-9,12-15,20,23-24,26H,5,10-11,16-19H2,1-2H3,(H,27,28). The lowest BCUT2D eigenvalue weighted by Gasteiger charge is -2.31. The Labute approximate surface area is 170 Å². The van der Waals surface area contributed by atoms with E-state index in [-0.39, 0.29) is 6.04 Å². The molecule has 28 heavy (non-hydrogen) atoms. The van der Waals surface area contributed by atoms with Gasteiger partial charge in [-0.15, -0.1) is 0 Å². The number of benzene rings is 2. The zero-order chi connectivity index (χ0) is 19.6. The molecule has 3 nitrogen and oxygen atoms in total. The lowest BCUT2D eigenvalue weighted by molar-refractivity contribution is 0.398. The van der Waals surface area contributed by atoms with Crippen LogP contribution in [0.25, 0.3) is 0 Å². The Morgan fingerprint density at radius 3 is 2.11 bits per heavy atom. The zero-order valence-electron chi connectivity index (χ0n) is 17.4. The summed E-state index contributed by atoms with van der Waals surface area (Å²) in [6, 6.07) is 22.0. The second kappa shape index (κ2) is 11.0. The lowest BCUT2D eigenvalue weighted by atomic mass is 9.94. The van der Waals surface area contributed by atoms with Gasteiger partial charge in [-0.3, -0.25) is 4.99 Å². The number of rotatable bonds is 8. The Bertz CT molecular complexity index is 703. The quantitative estimate of drug-likeness (QED) is 0.482. The van der Waals surface area contributed by atoms with Crippen molar-refractivity contribution in [2.75, 3.05) is 0 Å². The fourth-order valence-electron chi connectivity index (χ4n) is 3.92. The normalized spacial score (nSPS) is 16.9. The third-order valence-corrected chi connectivity index (χ3v) is 5.56. The molecule has 1 aliphatic carbocycles. The molecule has 1 saturated carbocycles. The Morgan fingerprint density at radius 2 is 1.50 bits per heavy atom. The molecular formula is C25H35N3. The molecular weight excluding hydrogens is 342 g/mol. The van der Waals surface area contributed by atoms with Crippen LogP contribution >= 0.6 is 0 Å². The van der Waals surface area contributed by atoms with Gasteiger partial charge >= 0.3 is 0 Å². The Balaban J connectivity index is 1.74. The first-order valence-electron chi connectivity index (χ1n) is 10.8. The Hall–Kier alpha value is -2.13. The summed E-state index contributed by atoms with van der Waals surface area (Å²) in [6.45, 7) is 6.15. The molecule has 0 amide bonds. The molecule has 0 bridgehead atoms. The van der Waals surface area contributed by atoms with Crippen molar-refractivity contribution in [1.82, 2.24) is 10.6 Å². The molecule has 0 heterocycles. The highest BCUT2D eigenvalue weighted by Crippen LogP contribution is 2.18. The van der Waals surface area contributed by atoms with Crippen molar-refractivity contribution < 1.29 is 0 Å². The Kier molecular flexibility index (Phi) is 8.10. The van der Waals surface area contributed by atoms with E-state index in [1.807, 2.05) is 0 Å². The highest BCUT2D eigenvalue weighted by molar-refractivity contribution is 5.88. The Morgan fingerprint density at radius 1 is 0.893 bits per heavy atom. The van der Waals surface area contributed by atoms with Crippen LogP contribution in [0.15, 0.2) is 65.7 Å². The van der Waals surface area contributed by atoms with Crippen LogP contribution in [0.4, 0.5) is 0 Å². The van der Waals surface area contributed by atoms with Crippen LogP contribution in [0.2, 0.25) is 0 Å². The topological polar surface area (TPSA) is 36.4 Å². The second-order valence-electron chi connectivity index (χ2n) is 8.25. The number of hydrogen-bond donors (Lipinski definition) is 2. The fraction of sp³-hybridized carbons (Fsp3) is 0.480. The van der Waals surface area contributed by atoms with Crippen molar-refractivity contribution in [2.45, 2.75) is 71.1 Å². The van der Waals surface area contributed by atoms with Gasteiger partial charge in [-0.2, -0.15) is 0 Å². The van der Waals surface area contributed by atoms with Gasteiger partial charge in [-0.1, -0.05) is 93.8 Å². The largest absolute Gasteiger partial charge is 0.370 e. The predicted octanol–water partition coefficient (Wildman–Crippen LogP) is 5.32. The summed E-state index contributed by atoms with van der Waals surface area (Å²) in [5.74, 6) is 1.59. The fourth-order valence-corrected chi connectivity index (χ4v) is 3.92. The minimum Gasteiger partial charge on any atom is -0.370 e. The minimum absolute atomic E-state index is 0.228. The van der Waals surface area contributed by atoms with Crippen molar-refractivity contribution in [1.29, 1.82) is 0 Å². The smallest absolute Gasteiger partial charge is 0.114 e. The third-order valence-electron chi connectivity index (χ3n) is 5.56. The summed E-state index contributed by atoms with van der Waals surface area (Å²) in [5.41, 5.74) is 2.57. The molecule has 0 saturated heterocycles. The van der Waals surface area contributed by atoms with E-state index >= 15 is 0 Å². The van der Waals surface area contributed by atoms with Crippen molar-refractivity contribution in [3.8, 4) is 0 Å². The first-order chi connectivity index (χ1) is 13.7. The molecule has 0 spiro atoms. The number of nitrogens with one attached hydrogen (secondary N) is 2. The molecule has 1 aliphatic rings. The average Bonchev–Trinajstić information content (AvgIpc) is 2.74. The highest BCUT2D eigenvalue weighted by atomic mass is 15.1. The molecule has 0 aliphatic heterocycles. The molecule has 3 rings (SSSR count). The summed E-state index contributed by atoms with van der Waals surface area (Å²) >= 11 is 0.